The van der Waals surface area contributed by atoms with Crippen LogP contribution in [0.5, 0.6) is 0 Å². The number of carbonyl (C=O) groups is 1. The molecule has 1 saturated heterocycles. The standard InChI is InChI=1S/C18H21Cl2N5O/c1-3-24-7-9-25(10-8-24)18-21-12(2)11-15(23-18)17(26)22-14-6-4-5-13(19)16(14)20/h4-6,11H,3,7-10H2,1-2H3,(H,22,26). The zero-order valence-electron chi connectivity index (χ0n) is 14.8. The van der Waals surface area contributed by atoms with Crippen LogP contribution in [0, 0.1) is 6.92 Å². The number of likely N-dealkylation sites (N-methyl/N-ethyl adjacent to an activating group) is 1. The molecule has 0 atom stereocenters. The topological polar surface area (TPSA) is 61.4 Å². The molecule has 1 aliphatic heterocycles. The second-order valence-corrected chi connectivity index (χ2v) is 6.96. The number of amides is 1. The molecule has 1 fully saturated rings. The van der Waals surface area contributed by atoms with E-state index in [4.69, 9.17) is 23.2 Å². The van der Waals surface area contributed by atoms with Crippen molar-refractivity contribution in [1.82, 2.24) is 14.9 Å². The fourth-order valence-corrected chi connectivity index (χ4v) is 3.21. The number of aromatic nitrogens is 2. The molecule has 0 radical (unpaired) electrons. The van der Waals surface area contributed by atoms with Crippen LogP contribution < -0.4 is 10.2 Å². The monoisotopic (exact) mass is 393 g/mol. The summed E-state index contributed by atoms with van der Waals surface area (Å²) in [6, 6.07) is 6.76. The number of nitrogens with zero attached hydrogens (tertiary/aromatic N) is 4. The van der Waals surface area contributed by atoms with Gasteiger partial charge in [0.05, 0.1) is 15.7 Å². The molecule has 0 bridgehead atoms. The van der Waals surface area contributed by atoms with Gasteiger partial charge in [0.15, 0.2) is 0 Å². The summed E-state index contributed by atoms with van der Waals surface area (Å²) in [5.74, 6) is 0.246. The lowest BCUT2D eigenvalue weighted by atomic mass is 10.2. The summed E-state index contributed by atoms with van der Waals surface area (Å²) in [4.78, 5) is 26.1. The smallest absolute Gasteiger partial charge is 0.274 e. The maximum absolute atomic E-state index is 12.6. The summed E-state index contributed by atoms with van der Waals surface area (Å²) in [5.41, 5.74) is 1.51. The molecule has 138 valence electrons. The SMILES string of the molecule is CCN1CCN(c2nc(C)cc(C(=O)Nc3cccc(Cl)c3Cl)n2)CC1. The Hall–Kier alpha value is -1.89. The zero-order chi connectivity index (χ0) is 18.7. The molecule has 2 aromatic rings. The summed E-state index contributed by atoms with van der Waals surface area (Å²) in [5, 5.41) is 3.46. The van der Waals surface area contributed by atoms with Gasteiger partial charge in [0.1, 0.15) is 5.69 Å². The summed E-state index contributed by atoms with van der Waals surface area (Å²) in [6.07, 6.45) is 0. The van der Waals surface area contributed by atoms with Crippen LogP contribution in [0.15, 0.2) is 24.3 Å². The highest BCUT2D eigenvalue weighted by molar-refractivity contribution is 6.44. The second-order valence-electron chi connectivity index (χ2n) is 6.17. The van der Waals surface area contributed by atoms with Crippen LogP contribution in [0.3, 0.4) is 0 Å². The first-order valence-electron chi connectivity index (χ1n) is 8.56. The van der Waals surface area contributed by atoms with Crippen LogP contribution in [0.25, 0.3) is 0 Å². The molecule has 6 nitrogen and oxygen atoms in total. The van der Waals surface area contributed by atoms with Gasteiger partial charge in [-0.15, -0.1) is 0 Å². The lowest BCUT2D eigenvalue weighted by Crippen LogP contribution is -2.47. The first kappa shape index (κ1) is 18.9. The van der Waals surface area contributed by atoms with Gasteiger partial charge in [-0.3, -0.25) is 4.79 Å². The molecular formula is C18H21Cl2N5O. The molecule has 8 heteroatoms. The Bertz CT molecular complexity index is 806. The van der Waals surface area contributed by atoms with Gasteiger partial charge < -0.3 is 15.1 Å². The van der Waals surface area contributed by atoms with E-state index in [0.717, 1.165) is 38.4 Å². The summed E-state index contributed by atoms with van der Waals surface area (Å²) >= 11 is 12.1. The van der Waals surface area contributed by atoms with Crippen molar-refractivity contribution >= 4 is 40.7 Å². The highest BCUT2D eigenvalue weighted by Crippen LogP contribution is 2.29. The summed E-state index contributed by atoms with van der Waals surface area (Å²) in [6.45, 7) is 8.67. The van der Waals surface area contributed by atoms with Crippen LogP contribution in [-0.2, 0) is 0 Å². The number of anilines is 2. The predicted molar refractivity (Wildman–Crippen MR) is 106 cm³/mol. The van der Waals surface area contributed by atoms with Crippen LogP contribution in [0.1, 0.15) is 23.1 Å². The van der Waals surface area contributed by atoms with Gasteiger partial charge in [-0.1, -0.05) is 36.2 Å². The Kier molecular flexibility index (Phi) is 5.96. The number of carbonyl (C=O) groups excluding carboxylic acids is 1. The fourth-order valence-electron chi connectivity index (χ4n) is 2.86. The Balaban J connectivity index is 1.79. The summed E-state index contributed by atoms with van der Waals surface area (Å²) in [7, 11) is 0. The van der Waals surface area contributed by atoms with Gasteiger partial charge in [-0.2, -0.15) is 0 Å². The molecule has 0 saturated carbocycles. The third kappa shape index (κ3) is 4.26. The number of aryl methyl sites for hydroxylation is 1. The van der Waals surface area contributed by atoms with E-state index >= 15 is 0 Å². The number of benzene rings is 1. The third-order valence-corrected chi connectivity index (χ3v) is 5.20. The normalized spacial score (nSPS) is 15.2. The summed E-state index contributed by atoms with van der Waals surface area (Å²) < 4.78 is 0. The average molecular weight is 394 g/mol. The van der Waals surface area contributed by atoms with Crippen LogP contribution in [-0.4, -0.2) is 53.5 Å². The van der Waals surface area contributed by atoms with Crippen LogP contribution in [0.2, 0.25) is 10.0 Å². The average Bonchev–Trinajstić information content (AvgIpc) is 2.65. The number of nitrogens with one attached hydrogen (secondary N) is 1. The van der Waals surface area contributed by atoms with E-state index in [-0.39, 0.29) is 5.91 Å². The highest BCUT2D eigenvalue weighted by Gasteiger charge is 2.20. The van der Waals surface area contributed by atoms with Gasteiger partial charge in [0.2, 0.25) is 5.95 Å². The minimum Gasteiger partial charge on any atom is -0.338 e. The van der Waals surface area contributed by atoms with E-state index in [1.165, 1.54) is 0 Å². The maximum atomic E-state index is 12.6. The van der Waals surface area contributed by atoms with Crippen molar-refractivity contribution in [3.05, 3.63) is 45.7 Å². The molecule has 26 heavy (non-hydrogen) atoms. The number of piperazine rings is 1. The van der Waals surface area contributed by atoms with Crippen LogP contribution >= 0.6 is 23.2 Å². The Labute approximate surface area is 163 Å². The minimum absolute atomic E-state index is 0.307. The van der Waals surface area contributed by atoms with Crippen molar-refractivity contribution in [1.29, 1.82) is 0 Å². The third-order valence-electron chi connectivity index (χ3n) is 4.38. The molecule has 0 spiro atoms. The minimum atomic E-state index is -0.340. The first-order valence-corrected chi connectivity index (χ1v) is 9.32. The Morgan fingerprint density at radius 1 is 1.19 bits per heavy atom. The van der Waals surface area contributed by atoms with E-state index in [9.17, 15) is 4.79 Å². The molecular weight excluding hydrogens is 373 g/mol. The van der Waals surface area contributed by atoms with Crippen molar-refractivity contribution in [2.24, 2.45) is 0 Å². The molecule has 1 amide bonds. The number of hydrogen-bond donors (Lipinski definition) is 1. The molecule has 1 aliphatic rings. The lowest BCUT2D eigenvalue weighted by molar-refractivity contribution is 0.102. The Morgan fingerprint density at radius 2 is 1.92 bits per heavy atom. The number of halogens is 2. The fraction of sp³-hybridized carbons (Fsp3) is 0.389. The van der Waals surface area contributed by atoms with Gasteiger partial charge >= 0.3 is 0 Å². The lowest BCUT2D eigenvalue weighted by Gasteiger charge is -2.34. The highest BCUT2D eigenvalue weighted by atomic mass is 35.5. The quantitative estimate of drug-likeness (QED) is 0.861. The molecule has 1 N–H and O–H groups in total. The van der Waals surface area contributed by atoms with E-state index in [1.807, 2.05) is 6.92 Å². The molecule has 3 rings (SSSR count). The van der Waals surface area contributed by atoms with E-state index < -0.39 is 0 Å². The number of rotatable bonds is 4. The molecule has 2 heterocycles. The largest absolute Gasteiger partial charge is 0.338 e. The second kappa shape index (κ2) is 8.20. The van der Waals surface area contributed by atoms with Gasteiger partial charge in [0, 0.05) is 31.9 Å². The van der Waals surface area contributed by atoms with Crippen LogP contribution in [0.4, 0.5) is 11.6 Å². The van der Waals surface area contributed by atoms with Gasteiger partial charge in [-0.25, -0.2) is 9.97 Å². The van der Waals surface area contributed by atoms with Crippen molar-refractivity contribution in [3.8, 4) is 0 Å². The van der Waals surface area contributed by atoms with Gasteiger partial charge in [0.25, 0.3) is 5.91 Å². The van der Waals surface area contributed by atoms with Crippen molar-refractivity contribution in [3.63, 3.8) is 0 Å². The molecule has 1 aromatic heterocycles. The van der Waals surface area contributed by atoms with Crippen molar-refractivity contribution in [2.45, 2.75) is 13.8 Å². The van der Waals surface area contributed by atoms with E-state index in [1.54, 1.807) is 24.3 Å². The van der Waals surface area contributed by atoms with Gasteiger partial charge in [-0.05, 0) is 31.7 Å². The van der Waals surface area contributed by atoms with Crippen molar-refractivity contribution < 1.29 is 4.79 Å². The molecule has 0 unspecified atom stereocenters. The maximum Gasteiger partial charge on any atom is 0.274 e. The zero-order valence-corrected chi connectivity index (χ0v) is 16.3. The first-order chi connectivity index (χ1) is 12.5. The molecule has 1 aromatic carbocycles. The Morgan fingerprint density at radius 3 is 2.62 bits per heavy atom. The van der Waals surface area contributed by atoms with E-state index in [0.29, 0.717) is 27.4 Å². The number of hydrogen-bond acceptors (Lipinski definition) is 5. The van der Waals surface area contributed by atoms with E-state index in [2.05, 4.69) is 32.0 Å². The molecule has 0 aliphatic carbocycles. The predicted octanol–water partition coefficient (Wildman–Crippen LogP) is 3.49. The van der Waals surface area contributed by atoms with Crippen molar-refractivity contribution in [2.75, 3.05) is 42.9 Å².